The lowest BCUT2D eigenvalue weighted by Crippen LogP contribution is -2.48. The van der Waals surface area contributed by atoms with E-state index >= 15 is 0 Å². The average molecular weight is 487 g/mol. The molecule has 10 nitrogen and oxygen atoms in total. The molecule has 1 aliphatic heterocycles. The highest BCUT2D eigenvalue weighted by molar-refractivity contribution is 5.80. The fraction of sp³-hybridized carbons (Fsp3) is 0.308. The van der Waals surface area contributed by atoms with Crippen LogP contribution in [0.4, 0.5) is 27.9 Å². The van der Waals surface area contributed by atoms with Gasteiger partial charge in [0.15, 0.2) is 5.65 Å². The van der Waals surface area contributed by atoms with Gasteiger partial charge >= 0.3 is 6.09 Å². The molecule has 3 N–H and O–H groups in total. The summed E-state index contributed by atoms with van der Waals surface area (Å²) in [4.78, 5) is 29.6. The Labute approximate surface area is 209 Å². The van der Waals surface area contributed by atoms with Crippen LogP contribution >= 0.6 is 0 Å². The van der Waals surface area contributed by atoms with Gasteiger partial charge in [0.25, 0.3) is 0 Å². The highest BCUT2D eigenvalue weighted by Gasteiger charge is 2.21. The smallest absolute Gasteiger partial charge is 0.409 e. The summed E-state index contributed by atoms with van der Waals surface area (Å²) >= 11 is 0. The summed E-state index contributed by atoms with van der Waals surface area (Å²) in [7, 11) is 1.41. The van der Waals surface area contributed by atoms with Crippen molar-refractivity contribution in [3.8, 4) is 5.82 Å². The van der Waals surface area contributed by atoms with Crippen LogP contribution in [-0.4, -0.2) is 63.8 Å². The lowest BCUT2D eigenvalue weighted by atomic mass is 10.2. The first-order chi connectivity index (χ1) is 17.6. The van der Waals surface area contributed by atoms with Gasteiger partial charge in [0.2, 0.25) is 5.95 Å². The van der Waals surface area contributed by atoms with Gasteiger partial charge in [-0.2, -0.15) is 4.98 Å². The van der Waals surface area contributed by atoms with Crippen molar-refractivity contribution >= 4 is 40.3 Å². The molecule has 1 aromatic carbocycles. The number of hydrogen-bond donors (Lipinski definition) is 2. The Bertz CT molecular complexity index is 1360. The molecule has 1 aliphatic rings. The number of amides is 1. The molecular formula is C26H30N8O2. The number of nitrogen functional groups attached to an aromatic ring is 1. The molecule has 0 atom stereocenters. The Kier molecular flexibility index (Phi) is 6.57. The monoisotopic (exact) mass is 486 g/mol. The molecule has 0 bridgehead atoms. The summed E-state index contributed by atoms with van der Waals surface area (Å²) in [6.45, 7) is 4.95. The molecule has 4 aromatic rings. The first-order valence-electron chi connectivity index (χ1n) is 12.1. The van der Waals surface area contributed by atoms with Crippen molar-refractivity contribution in [3.05, 3.63) is 60.4 Å². The number of aryl methyl sites for hydroxylation is 1. The lowest BCUT2D eigenvalue weighted by Gasteiger charge is -2.35. The van der Waals surface area contributed by atoms with Crippen molar-refractivity contribution in [3.63, 3.8) is 0 Å². The third-order valence-electron chi connectivity index (χ3n) is 6.31. The number of nitrogens with two attached hydrogens (primary N) is 1. The molecule has 4 heterocycles. The molecule has 3 aromatic heterocycles. The normalized spacial score (nSPS) is 13.7. The number of nitrogens with zero attached hydrogens (tertiary/aromatic N) is 6. The van der Waals surface area contributed by atoms with E-state index in [0.29, 0.717) is 24.9 Å². The Morgan fingerprint density at radius 2 is 1.86 bits per heavy atom. The predicted octanol–water partition coefficient (Wildman–Crippen LogP) is 3.98. The standard InChI is InChI=1S/C26H30N8O2/c1-3-5-21-16-18-17-28-25(31-24(18)34(21)23-7-4-6-22(27)30-23)29-19-8-10-20(11-9-19)32-12-14-33(15-13-32)26(35)36-2/h4,6-11,16-17H,3,5,12-15H2,1-2H3,(H2,27,30)(H,28,29,31). The van der Waals surface area contributed by atoms with Crippen LogP contribution in [0.1, 0.15) is 19.0 Å². The van der Waals surface area contributed by atoms with Crippen LogP contribution in [0.2, 0.25) is 0 Å². The molecule has 0 unspecified atom stereocenters. The molecule has 0 saturated carbocycles. The number of benzene rings is 1. The van der Waals surface area contributed by atoms with Gasteiger partial charge in [-0.15, -0.1) is 0 Å². The SMILES string of the molecule is CCCc1cc2cnc(Nc3ccc(N4CCN(C(=O)OC)CC4)cc3)nc2n1-c1cccc(N)n1. The Balaban J connectivity index is 1.35. The van der Waals surface area contributed by atoms with Crippen molar-refractivity contribution in [2.75, 3.05) is 49.2 Å². The maximum absolute atomic E-state index is 11.7. The van der Waals surface area contributed by atoms with E-state index in [1.165, 1.54) is 7.11 Å². The quantitative estimate of drug-likeness (QED) is 0.421. The number of hydrogen-bond acceptors (Lipinski definition) is 8. The van der Waals surface area contributed by atoms with Gasteiger partial charge in [0.05, 0.1) is 7.11 Å². The number of rotatable bonds is 6. The number of fused-ring (bicyclic) bond motifs is 1. The molecule has 1 fully saturated rings. The zero-order valence-electron chi connectivity index (χ0n) is 20.5. The Morgan fingerprint density at radius 3 is 2.56 bits per heavy atom. The van der Waals surface area contributed by atoms with Crippen LogP contribution in [0.5, 0.6) is 0 Å². The maximum atomic E-state index is 11.7. The summed E-state index contributed by atoms with van der Waals surface area (Å²) in [5.41, 5.74) is 9.86. The minimum atomic E-state index is -0.273. The number of aromatic nitrogens is 4. The van der Waals surface area contributed by atoms with E-state index in [1.54, 1.807) is 11.0 Å². The number of piperazine rings is 1. The second-order valence-electron chi connectivity index (χ2n) is 8.73. The summed E-state index contributed by atoms with van der Waals surface area (Å²) in [5, 5.41) is 4.27. The molecule has 0 radical (unpaired) electrons. The van der Waals surface area contributed by atoms with E-state index in [2.05, 4.69) is 49.9 Å². The molecule has 186 valence electrons. The van der Waals surface area contributed by atoms with E-state index < -0.39 is 0 Å². The fourth-order valence-electron chi connectivity index (χ4n) is 4.52. The Hall–Kier alpha value is -4.34. The van der Waals surface area contributed by atoms with Crippen molar-refractivity contribution in [2.45, 2.75) is 19.8 Å². The summed E-state index contributed by atoms with van der Waals surface area (Å²) in [5.74, 6) is 1.72. The van der Waals surface area contributed by atoms with Crippen molar-refractivity contribution in [1.82, 2.24) is 24.4 Å². The molecule has 0 spiro atoms. The van der Waals surface area contributed by atoms with Crippen LogP contribution in [0.15, 0.2) is 54.7 Å². The number of nitrogens with one attached hydrogen (secondary N) is 1. The van der Waals surface area contributed by atoms with Crippen LogP contribution in [0.25, 0.3) is 16.9 Å². The predicted molar refractivity (Wildman–Crippen MR) is 141 cm³/mol. The third kappa shape index (κ3) is 4.74. The zero-order valence-corrected chi connectivity index (χ0v) is 20.5. The maximum Gasteiger partial charge on any atom is 0.409 e. The second kappa shape index (κ2) is 10.1. The molecule has 1 saturated heterocycles. The van der Waals surface area contributed by atoms with E-state index in [4.69, 9.17) is 15.5 Å². The number of carbonyl (C=O) groups excluding carboxylic acids is 1. The minimum absolute atomic E-state index is 0.273. The van der Waals surface area contributed by atoms with Gasteiger partial charge in [-0.3, -0.25) is 4.57 Å². The number of anilines is 4. The number of carbonyl (C=O) groups is 1. The van der Waals surface area contributed by atoms with E-state index in [1.807, 2.05) is 30.5 Å². The van der Waals surface area contributed by atoms with Crippen molar-refractivity contribution in [2.24, 2.45) is 0 Å². The van der Waals surface area contributed by atoms with E-state index in [0.717, 1.165) is 59.9 Å². The highest BCUT2D eigenvalue weighted by Crippen LogP contribution is 2.26. The highest BCUT2D eigenvalue weighted by atomic mass is 16.5. The second-order valence-corrected chi connectivity index (χ2v) is 8.73. The number of ether oxygens (including phenoxy) is 1. The summed E-state index contributed by atoms with van der Waals surface area (Å²) in [6.07, 6.45) is 3.46. The molecule has 0 aliphatic carbocycles. The van der Waals surface area contributed by atoms with Crippen LogP contribution in [0.3, 0.4) is 0 Å². The largest absolute Gasteiger partial charge is 0.453 e. The van der Waals surface area contributed by atoms with Crippen LogP contribution in [0, 0.1) is 0 Å². The van der Waals surface area contributed by atoms with Gasteiger partial charge in [0.1, 0.15) is 11.6 Å². The molecule has 5 rings (SSSR count). The van der Waals surface area contributed by atoms with Crippen molar-refractivity contribution < 1.29 is 9.53 Å². The number of pyridine rings is 1. The molecule has 1 amide bonds. The number of methoxy groups -OCH3 is 1. The first-order valence-corrected chi connectivity index (χ1v) is 12.1. The minimum Gasteiger partial charge on any atom is -0.453 e. The van der Waals surface area contributed by atoms with Gasteiger partial charge in [-0.25, -0.2) is 14.8 Å². The fourth-order valence-corrected chi connectivity index (χ4v) is 4.52. The molecule has 10 heteroatoms. The van der Waals surface area contributed by atoms with Crippen LogP contribution < -0.4 is 16.0 Å². The van der Waals surface area contributed by atoms with Gasteiger partial charge in [-0.1, -0.05) is 19.4 Å². The van der Waals surface area contributed by atoms with E-state index in [9.17, 15) is 4.79 Å². The van der Waals surface area contributed by atoms with Crippen molar-refractivity contribution in [1.29, 1.82) is 0 Å². The Morgan fingerprint density at radius 1 is 1.08 bits per heavy atom. The summed E-state index contributed by atoms with van der Waals surface area (Å²) < 4.78 is 6.87. The lowest BCUT2D eigenvalue weighted by molar-refractivity contribution is 0.121. The topological polar surface area (TPSA) is 114 Å². The average Bonchev–Trinajstić information content (AvgIpc) is 3.26. The van der Waals surface area contributed by atoms with Gasteiger partial charge in [0, 0.05) is 54.8 Å². The molecular weight excluding hydrogens is 456 g/mol. The molecule has 36 heavy (non-hydrogen) atoms. The summed E-state index contributed by atoms with van der Waals surface area (Å²) in [6, 6.07) is 15.9. The zero-order chi connectivity index (χ0) is 25.1. The van der Waals surface area contributed by atoms with Gasteiger partial charge < -0.3 is 25.6 Å². The van der Waals surface area contributed by atoms with Gasteiger partial charge in [-0.05, 0) is 48.9 Å². The van der Waals surface area contributed by atoms with Crippen LogP contribution in [-0.2, 0) is 11.2 Å². The first kappa shape index (κ1) is 23.4. The van der Waals surface area contributed by atoms with E-state index in [-0.39, 0.29) is 6.09 Å². The third-order valence-corrected chi connectivity index (χ3v) is 6.31.